The van der Waals surface area contributed by atoms with Crippen molar-refractivity contribution >= 4 is 5.69 Å². The third-order valence-corrected chi connectivity index (χ3v) is 5.82. The zero-order chi connectivity index (χ0) is 22.3. The van der Waals surface area contributed by atoms with Crippen LogP contribution in [0.3, 0.4) is 0 Å². The minimum Gasteiger partial charge on any atom is -0.472 e. The second-order valence-electron chi connectivity index (χ2n) is 8.24. The van der Waals surface area contributed by atoms with Gasteiger partial charge in [0.1, 0.15) is 6.61 Å². The van der Waals surface area contributed by atoms with Crippen LogP contribution in [0.1, 0.15) is 28.8 Å². The summed E-state index contributed by atoms with van der Waals surface area (Å²) < 4.78 is 6.18. The highest BCUT2D eigenvalue weighted by atomic mass is 16.5. The molecule has 164 valence electrons. The number of ether oxygens (including phenoxy) is 1. The van der Waals surface area contributed by atoms with Crippen LogP contribution < -0.4 is 21.1 Å². The van der Waals surface area contributed by atoms with Crippen molar-refractivity contribution in [2.45, 2.75) is 26.5 Å². The maximum absolute atomic E-state index is 9.15. The number of anilines is 1. The lowest BCUT2D eigenvalue weighted by Crippen LogP contribution is -2.19. The number of rotatable bonds is 8. The lowest BCUT2D eigenvalue weighted by atomic mass is 10.0. The lowest BCUT2D eigenvalue weighted by Gasteiger charge is -2.18. The zero-order valence-electron chi connectivity index (χ0n) is 18.4. The van der Waals surface area contributed by atoms with E-state index in [9.17, 15) is 0 Å². The Hall–Kier alpha value is -3.40. The molecule has 6 heteroatoms. The second-order valence-corrected chi connectivity index (χ2v) is 8.24. The molecule has 1 fully saturated rings. The molecular weight excluding hydrogens is 398 g/mol. The predicted molar refractivity (Wildman–Crippen MR) is 127 cm³/mol. The number of nitriles is 1. The molecule has 1 atom stereocenters. The Labute approximate surface area is 189 Å². The number of nitrogens with two attached hydrogens (primary N) is 1. The molecule has 1 unspecified atom stereocenters. The van der Waals surface area contributed by atoms with Crippen LogP contribution in [0.2, 0.25) is 0 Å². The van der Waals surface area contributed by atoms with Crippen molar-refractivity contribution in [3.63, 3.8) is 0 Å². The van der Waals surface area contributed by atoms with Gasteiger partial charge < -0.3 is 21.1 Å². The first-order valence-electron chi connectivity index (χ1n) is 11.0. The third-order valence-electron chi connectivity index (χ3n) is 5.82. The highest BCUT2D eigenvalue weighted by Crippen LogP contribution is 2.33. The molecule has 0 amide bonds. The average Bonchev–Trinajstić information content (AvgIpc) is 3.36. The van der Waals surface area contributed by atoms with E-state index in [0.29, 0.717) is 30.5 Å². The fourth-order valence-electron chi connectivity index (χ4n) is 3.86. The van der Waals surface area contributed by atoms with Crippen LogP contribution in [0.25, 0.3) is 11.1 Å². The molecule has 1 saturated heterocycles. The quantitative estimate of drug-likeness (QED) is 0.503. The first kappa shape index (κ1) is 21.8. The molecule has 1 aliphatic heterocycles. The maximum atomic E-state index is 9.15. The Morgan fingerprint density at radius 1 is 1.19 bits per heavy atom. The molecule has 2 aromatic carbocycles. The largest absolute Gasteiger partial charge is 0.472 e. The van der Waals surface area contributed by atoms with Gasteiger partial charge in [-0.3, -0.25) is 0 Å². The van der Waals surface area contributed by atoms with Crippen molar-refractivity contribution in [3.05, 3.63) is 77.0 Å². The highest BCUT2D eigenvalue weighted by molar-refractivity contribution is 5.74. The average molecular weight is 428 g/mol. The minimum absolute atomic E-state index is 0.319. The fourth-order valence-corrected chi connectivity index (χ4v) is 3.86. The lowest BCUT2D eigenvalue weighted by molar-refractivity contribution is 0.294. The monoisotopic (exact) mass is 427 g/mol. The fraction of sp³-hybridized carbons (Fsp3) is 0.308. The van der Waals surface area contributed by atoms with Gasteiger partial charge in [-0.1, -0.05) is 42.0 Å². The number of hydrogen-bond donors (Lipinski definition) is 3. The van der Waals surface area contributed by atoms with E-state index in [-0.39, 0.29) is 0 Å². The molecule has 0 radical (unpaired) electrons. The minimum atomic E-state index is 0.319. The van der Waals surface area contributed by atoms with Crippen molar-refractivity contribution in [1.82, 2.24) is 10.3 Å². The van der Waals surface area contributed by atoms with E-state index in [1.165, 1.54) is 12.0 Å². The van der Waals surface area contributed by atoms with Crippen LogP contribution in [0.4, 0.5) is 5.69 Å². The molecule has 32 heavy (non-hydrogen) atoms. The highest BCUT2D eigenvalue weighted by Gasteiger charge is 2.18. The predicted octanol–water partition coefficient (Wildman–Crippen LogP) is 3.99. The van der Waals surface area contributed by atoms with Crippen molar-refractivity contribution in [3.8, 4) is 23.1 Å². The summed E-state index contributed by atoms with van der Waals surface area (Å²) in [6.07, 6.45) is 1.17. The summed E-state index contributed by atoms with van der Waals surface area (Å²) in [5.74, 6) is 1.14. The van der Waals surface area contributed by atoms with Crippen LogP contribution in [-0.2, 0) is 13.2 Å². The Kier molecular flexibility index (Phi) is 7.00. The Bertz CT molecular complexity index is 1080. The molecule has 1 aliphatic rings. The molecule has 0 saturated carbocycles. The molecule has 0 bridgehead atoms. The Morgan fingerprint density at radius 3 is 2.62 bits per heavy atom. The Morgan fingerprint density at radius 2 is 1.97 bits per heavy atom. The number of nitrogens with zero attached hydrogens (tertiary/aromatic N) is 2. The van der Waals surface area contributed by atoms with E-state index >= 15 is 0 Å². The van der Waals surface area contributed by atoms with Crippen LogP contribution >= 0.6 is 0 Å². The van der Waals surface area contributed by atoms with E-state index in [1.807, 2.05) is 24.3 Å². The number of aromatic nitrogens is 1. The summed E-state index contributed by atoms with van der Waals surface area (Å²) in [4.78, 5) is 4.80. The number of hydrogen-bond acceptors (Lipinski definition) is 6. The van der Waals surface area contributed by atoms with E-state index in [4.69, 9.17) is 20.7 Å². The van der Waals surface area contributed by atoms with Crippen LogP contribution in [0, 0.1) is 24.2 Å². The molecule has 4 rings (SSSR count). The Balaban J connectivity index is 1.65. The van der Waals surface area contributed by atoms with Gasteiger partial charge in [-0.15, -0.1) is 0 Å². The maximum Gasteiger partial charge on any atom is 0.222 e. The van der Waals surface area contributed by atoms with Gasteiger partial charge >= 0.3 is 0 Å². The number of benzene rings is 2. The van der Waals surface area contributed by atoms with E-state index in [1.54, 1.807) is 0 Å². The van der Waals surface area contributed by atoms with Gasteiger partial charge in [-0.25, -0.2) is 4.98 Å². The van der Waals surface area contributed by atoms with Crippen molar-refractivity contribution in [2.75, 3.05) is 25.0 Å². The topological polar surface area (TPSA) is 96.0 Å². The molecule has 6 nitrogen and oxygen atoms in total. The van der Waals surface area contributed by atoms with Crippen molar-refractivity contribution in [1.29, 1.82) is 5.26 Å². The number of nitrogens with one attached hydrogen (secondary N) is 2. The third kappa shape index (κ3) is 5.25. The van der Waals surface area contributed by atoms with Gasteiger partial charge in [0.05, 0.1) is 23.0 Å². The number of aryl methyl sites for hydroxylation is 1. The van der Waals surface area contributed by atoms with Gasteiger partial charge in [0.15, 0.2) is 0 Å². The molecule has 0 aliphatic carbocycles. The molecule has 1 aromatic heterocycles. The van der Waals surface area contributed by atoms with Gasteiger partial charge in [-0.2, -0.15) is 5.26 Å². The van der Waals surface area contributed by atoms with Crippen LogP contribution in [0.15, 0.2) is 54.6 Å². The summed E-state index contributed by atoms with van der Waals surface area (Å²) >= 11 is 0. The van der Waals surface area contributed by atoms with Gasteiger partial charge in [0, 0.05) is 18.7 Å². The molecule has 4 N–H and O–H groups in total. The molecule has 3 aromatic rings. The smallest absolute Gasteiger partial charge is 0.222 e. The SMILES string of the molecule is Cc1ccc(COc2nc(CN)c(NCC3CCNC3)cc2-c2ccc(C#N)cc2)cc1. The van der Waals surface area contributed by atoms with E-state index < -0.39 is 0 Å². The zero-order valence-corrected chi connectivity index (χ0v) is 18.4. The second kappa shape index (κ2) is 10.3. The standard InChI is InChI=1S/C26H29N5O/c1-18-2-4-20(5-3-18)17-32-26-23(22-8-6-19(13-27)7-9-22)12-24(25(14-28)31-26)30-16-21-10-11-29-15-21/h2-9,12,21,29-30H,10-11,14-17,28H2,1H3. The molecular formula is C26H29N5O. The first-order valence-corrected chi connectivity index (χ1v) is 11.0. The molecule has 2 heterocycles. The van der Waals surface area contributed by atoms with E-state index in [2.05, 4.69) is 54.0 Å². The van der Waals surface area contributed by atoms with E-state index in [0.717, 1.165) is 47.7 Å². The van der Waals surface area contributed by atoms with Crippen LogP contribution in [0.5, 0.6) is 5.88 Å². The summed E-state index contributed by atoms with van der Waals surface area (Å²) in [7, 11) is 0. The summed E-state index contributed by atoms with van der Waals surface area (Å²) in [5.41, 5.74) is 12.5. The first-order chi connectivity index (χ1) is 15.7. The molecule has 0 spiro atoms. The normalized spacial score (nSPS) is 15.3. The number of pyridine rings is 1. The van der Waals surface area contributed by atoms with Gasteiger partial charge in [0.25, 0.3) is 0 Å². The van der Waals surface area contributed by atoms with Gasteiger partial charge in [0.2, 0.25) is 5.88 Å². The van der Waals surface area contributed by atoms with Crippen molar-refractivity contribution < 1.29 is 4.74 Å². The summed E-state index contributed by atoms with van der Waals surface area (Å²) in [6, 6.07) is 20.0. The van der Waals surface area contributed by atoms with Gasteiger partial charge in [-0.05, 0) is 61.7 Å². The van der Waals surface area contributed by atoms with Crippen molar-refractivity contribution in [2.24, 2.45) is 11.7 Å². The van der Waals surface area contributed by atoms with Crippen LogP contribution in [-0.4, -0.2) is 24.6 Å². The summed E-state index contributed by atoms with van der Waals surface area (Å²) in [6.45, 7) is 5.77. The summed E-state index contributed by atoms with van der Waals surface area (Å²) in [5, 5.41) is 16.1.